The van der Waals surface area contributed by atoms with Gasteiger partial charge in [0.2, 0.25) is 0 Å². The van der Waals surface area contributed by atoms with E-state index in [0.717, 1.165) is 33.4 Å². The summed E-state index contributed by atoms with van der Waals surface area (Å²) < 4.78 is 11.2. The quantitative estimate of drug-likeness (QED) is 0.169. The Morgan fingerprint density at radius 3 is 2.09 bits per heavy atom. The third-order valence-corrected chi connectivity index (χ3v) is 5.86. The molecule has 0 aliphatic rings. The number of aryl methyl sites for hydroxylation is 6. The zero-order chi connectivity index (χ0) is 25.4. The zero-order valence-electron chi connectivity index (χ0n) is 20.6. The van der Waals surface area contributed by atoms with Gasteiger partial charge in [0.25, 0.3) is 0 Å². The van der Waals surface area contributed by atoms with E-state index >= 15 is 0 Å². The van der Waals surface area contributed by atoms with E-state index in [2.05, 4.69) is 4.98 Å². The van der Waals surface area contributed by atoms with Gasteiger partial charge in [0.05, 0.1) is 0 Å². The monoisotopic (exact) mass is 469 g/mol. The van der Waals surface area contributed by atoms with Gasteiger partial charge in [-0.3, -0.25) is 0 Å². The maximum atomic E-state index is 13.6. The molecule has 6 nitrogen and oxygen atoms in total. The van der Waals surface area contributed by atoms with Crippen LogP contribution in [0.2, 0.25) is 0 Å². The van der Waals surface area contributed by atoms with Crippen molar-refractivity contribution < 1.29 is 19.1 Å². The molecule has 35 heavy (non-hydrogen) atoms. The molecule has 1 heterocycles. The third kappa shape index (κ3) is 4.73. The molecule has 3 aromatic carbocycles. The number of esters is 1. The van der Waals surface area contributed by atoms with Crippen molar-refractivity contribution in [3.05, 3.63) is 104 Å². The van der Waals surface area contributed by atoms with Crippen molar-refractivity contribution in [3.8, 4) is 5.75 Å². The molecule has 178 valence electrons. The van der Waals surface area contributed by atoms with Crippen LogP contribution < -0.4 is 10.4 Å². The first-order valence-electron chi connectivity index (χ1n) is 11.3. The molecule has 0 fully saturated rings. The number of carbonyl (C=O) groups excluding carboxylic acids is 1. The number of nitrogens with zero attached hydrogens (tertiary/aromatic N) is 1. The Morgan fingerprint density at radius 2 is 1.43 bits per heavy atom. The lowest BCUT2D eigenvalue weighted by molar-refractivity contribution is -0.128. The highest BCUT2D eigenvalue weighted by molar-refractivity contribution is 6.23. The van der Waals surface area contributed by atoms with E-state index in [4.69, 9.17) is 9.15 Å². The predicted octanol–water partition coefficient (Wildman–Crippen LogP) is 6.07. The molecular formula is C29H27NO5. The number of benzene rings is 3. The first kappa shape index (κ1) is 24.0. The Kier molecular flexibility index (Phi) is 6.31. The number of ether oxygens (including phenoxy) is 1. The van der Waals surface area contributed by atoms with Crippen LogP contribution in [0, 0.1) is 41.5 Å². The summed E-state index contributed by atoms with van der Waals surface area (Å²) in [6.07, 6.45) is 0. The van der Waals surface area contributed by atoms with Gasteiger partial charge in [-0.25, -0.2) is 14.6 Å². The Hall–Kier alpha value is -4.19. The second-order valence-electron chi connectivity index (χ2n) is 8.98. The molecule has 0 radical (unpaired) electrons. The maximum absolute atomic E-state index is 13.6. The number of rotatable bonds is 4. The molecule has 4 aromatic rings. The minimum Gasteiger partial charge on any atom is -0.506 e. The number of hydrogen-bond donors (Lipinski definition) is 1. The summed E-state index contributed by atoms with van der Waals surface area (Å²) in [5.41, 5.74) is 4.74. The molecule has 1 N–H and O–H groups in total. The van der Waals surface area contributed by atoms with Crippen LogP contribution in [0.15, 0.2) is 57.7 Å². The maximum Gasteiger partial charge on any atom is 0.363 e. The van der Waals surface area contributed by atoms with Crippen molar-refractivity contribution in [1.29, 1.82) is 0 Å². The third-order valence-electron chi connectivity index (χ3n) is 5.86. The van der Waals surface area contributed by atoms with Crippen molar-refractivity contribution in [1.82, 2.24) is 4.98 Å². The molecule has 0 aliphatic carbocycles. The summed E-state index contributed by atoms with van der Waals surface area (Å²) in [5, 5.41) is 11.3. The van der Waals surface area contributed by atoms with Crippen LogP contribution in [-0.4, -0.2) is 16.1 Å². The summed E-state index contributed by atoms with van der Waals surface area (Å²) in [6, 6.07) is 14.4. The van der Waals surface area contributed by atoms with E-state index < -0.39 is 17.4 Å². The van der Waals surface area contributed by atoms with Crippen LogP contribution in [0.5, 0.6) is 5.75 Å². The smallest absolute Gasteiger partial charge is 0.363 e. The van der Waals surface area contributed by atoms with Gasteiger partial charge >= 0.3 is 11.6 Å². The van der Waals surface area contributed by atoms with Gasteiger partial charge in [0.15, 0.2) is 11.3 Å². The van der Waals surface area contributed by atoms with Gasteiger partial charge in [-0.05, 0) is 75.9 Å². The van der Waals surface area contributed by atoms with Crippen molar-refractivity contribution in [3.63, 3.8) is 0 Å². The van der Waals surface area contributed by atoms with Crippen molar-refractivity contribution in [2.24, 2.45) is 0 Å². The van der Waals surface area contributed by atoms with Gasteiger partial charge in [-0.1, -0.05) is 47.5 Å². The standard InChI is InChI=1S/C29H27NO5/c1-15-7-9-21(18(4)11-15)26(31)24(28(32)35-27-19(5)12-17(3)13-20(27)6)25-29(33)34-23-10-8-16(2)14-22(23)30-25/h7-14,31H,1-6H3. The lowest BCUT2D eigenvalue weighted by atomic mass is 9.99. The summed E-state index contributed by atoms with van der Waals surface area (Å²) in [7, 11) is 0. The summed E-state index contributed by atoms with van der Waals surface area (Å²) >= 11 is 0. The fraction of sp³-hybridized carbons (Fsp3) is 0.207. The van der Waals surface area contributed by atoms with Gasteiger partial charge < -0.3 is 14.3 Å². The van der Waals surface area contributed by atoms with Crippen LogP contribution in [0.1, 0.15) is 44.6 Å². The highest BCUT2D eigenvalue weighted by Crippen LogP contribution is 2.30. The molecule has 0 saturated heterocycles. The first-order chi connectivity index (χ1) is 16.5. The Labute approximate surface area is 203 Å². The minimum absolute atomic E-state index is 0.285. The largest absolute Gasteiger partial charge is 0.506 e. The lowest BCUT2D eigenvalue weighted by Gasteiger charge is -2.15. The number of aliphatic hydroxyl groups excluding tert-OH is 1. The predicted molar refractivity (Wildman–Crippen MR) is 137 cm³/mol. The summed E-state index contributed by atoms with van der Waals surface area (Å²) in [4.78, 5) is 31.0. The lowest BCUT2D eigenvalue weighted by Crippen LogP contribution is -2.20. The van der Waals surface area contributed by atoms with E-state index in [1.165, 1.54) is 0 Å². The molecule has 0 bridgehead atoms. The normalized spacial score (nSPS) is 11.9. The molecule has 0 spiro atoms. The molecule has 0 unspecified atom stereocenters. The van der Waals surface area contributed by atoms with Gasteiger partial charge in [0, 0.05) is 5.56 Å². The van der Waals surface area contributed by atoms with E-state index in [1.807, 2.05) is 65.8 Å². The van der Waals surface area contributed by atoms with Crippen molar-refractivity contribution in [2.75, 3.05) is 0 Å². The number of aliphatic hydroxyl groups is 1. The van der Waals surface area contributed by atoms with Crippen LogP contribution >= 0.6 is 0 Å². The van der Waals surface area contributed by atoms with Gasteiger partial charge in [-0.15, -0.1) is 0 Å². The molecule has 0 atom stereocenters. The molecule has 6 heteroatoms. The fourth-order valence-electron chi connectivity index (χ4n) is 4.26. The topological polar surface area (TPSA) is 89.6 Å². The molecule has 0 aliphatic heterocycles. The number of fused-ring (bicyclic) bond motifs is 1. The Morgan fingerprint density at radius 1 is 0.829 bits per heavy atom. The van der Waals surface area contributed by atoms with Crippen LogP contribution in [-0.2, 0) is 4.79 Å². The van der Waals surface area contributed by atoms with Crippen molar-refractivity contribution in [2.45, 2.75) is 41.5 Å². The molecule has 4 rings (SSSR count). The molecule has 1 aromatic heterocycles. The van der Waals surface area contributed by atoms with Crippen LogP contribution in [0.4, 0.5) is 0 Å². The minimum atomic E-state index is -0.899. The second-order valence-corrected chi connectivity index (χ2v) is 8.98. The number of carbonyl (C=O) groups is 1. The highest BCUT2D eigenvalue weighted by Gasteiger charge is 2.28. The Bertz CT molecular complexity index is 1550. The summed E-state index contributed by atoms with van der Waals surface area (Å²) in [5.74, 6) is -0.932. The van der Waals surface area contributed by atoms with Gasteiger partial charge in [0.1, 0.15) is 22.6 Å². The average molecular weight is 470 g/mol. The SMILES string of the molecule is Cc1ccc(C(O)=C(C(=O)Oc2c(C)cc(C)cc2C)c2nc3cc(C)ccc3oc2=O)c(C)c1. The fourth-order valence-corrected chi connectivity index (χ4v) is 4.26. The van der Waals surface area contributed by atoms with Crippen molar-refractivity contribution >= 4 is 28.4 Å². The average Bonchev–Trinajstić information content (AvgIpc) is 2.77. The summed E-state index contributed by atoms with van der Waals surface area (Å²) in [6.45, 7) is 11.2. The molecular weight excluding hydrogens is 442 g/mol. The number of aromatic nitrogens is 1. The second kappa shape index (κ2) is 9.22. The first-order valence-corrected chi connectivity index (χ1v) is 11.3. The molecule has 0 amide bonds. The van der Waals surface area contributed by atoms with E-state index in [9.17, 15) is 14.7 Å². The zero-order valence-corrected chi connectivity index (χ0v) is 20.6. The number of hydrogen-bond acceptors (Lipinski definition) is 6. The van der Waals surface area contributed by atoms with E-state index in [0.29, 0.717) is 16.8 Å². The van der Waals surface area contributed by atoms with Crippen LogP contribution in [0.3, 0.4) is 0 Å². The molecule has 0 saturated carbocycles. The van der Waals surface area contributed by atoms with E-state index in [1.54, 1.807) is 24.3 Å². The van der Waals surface area contributed by atoms with E-state index in [-0.39, 0.29) is 16.9 Å². The Balaban J connectivity index is 1.96. The van der Waals surface area contributed by atoms with Gasteiger partial charge in [-0.2, -0.15) is 0 Å². The highest BCUT2D eigenvalue weighted by atomic mass is 16.5. The van der Waals surface area contributed by atoms with Crippen LogP contribution in [0.25, 0.3) is 22.4 Å².